The second-order valence-electron chi connectivity index (χ2n) is 4.05. The molecule has 18 heavy (non-hydrogen) atoms. The van der Waals surface area contributed by atoms with Gasteiger partial charge in [0, 0.05) is 0 Å². The molecule has 4 heteroatoms. The Labute approximate surface area is 107 Å². The highest BCUT2D eigenvalue weighted by Gasteiger charge is 2.14. The number of hydrogen-bond acceptors (Lipinski definition) is 3. The number of phenols is 1. The molecule has 0 unspecified atom stereocenters. The average molecular weight is 262 g/mol. The molecule has 0 spiro atoms. The third-order valence-corrected chi connectivity index (χ3v) is 4.43. The van der Waals surface area contributed by atoms with Crippen molar-refractivity contribution in [1.82, 2.24) is 0 Å². The number of benzene rings is 2. The van der Waals surface area contributed by atoms with Crippen molar-refractivity contribution in [3.63, 3.8) is 0 Å². The van der Waals surface area contributed by atoms with E-state index in [0.29, 0.717) is 6.42 Å². The maximum atomic E-state index is 12.0. The molecule has 3 nitrogen and oxygen atoms in total. The van der Waals surface area contributed by atoms with E-state index in [1.807, 2.05) is 30.3 Å². The van der Waals surface area contributed by atoms with Gasteiger partial charge < -0.3 is 5.11 Å². The fourth-order valence-electron chi connectivity index (χ4n) is 1.67. The first-order valence-corrected chi connectivity index (χ1v) is 7.29. The van der Waals surface area contributed by atoms with Crippen LogP contribution in [0.4, 0.5) is 0 Å². The van der Waals surface area contributed by atoms with Gasteiger partial charge in [0.2, 0.25) is 0 Å². The zero-order valence-corrected chi connectivity index (χ0v) is 10.6. The Bertz CT molecular complexity index is 601. The Kier molecular flexibility index (Phi) is 3.67. The van der Waals surface area contributed by atoms with Gasteiger partial charge in [-0.2, -0.15) is 0 Å². The molecule has 0 saturated heterocycles. The molecule has 2 aromatic carbocycles. The van der Waals surface area contributed by atoms with E-state index in [4.69, 9.17) is 5.11 Å². The van der Waals surface area contributed by atoms with Crippen molar-refractivity contribution in [3.8, 4) is 5.75 Å². The second-order valence-corrected chi connectivity index (χ2v) is 6.16. The minimum atomic E-state index is -3.29. The number of sulfone groups is 1. The number of rotatable bonds is 4. The maximum absolute atomic E-state index is 12.0. The Morgan fingerprint density at radius 3 is 2.11 bits per heavy atom. The van der Waals surface area contributed by atoms with Crippen LogP contribution in [-0.4, -0.2) is 19.3 Å². The maximum Gasteiger partial charge on any atom is 0.178 e. The van der Waals surface area contributed by atoms with Crippen LogP contribution >= 0.6 is 0 Å². The fourth-order valence-corrected chi connectivity index (χ4v) is 2.96. The molecule has 0 fully saturated rings. The molecule has 1 N–H and O–H groups in total. The van der Waals surface area contributed by atoms with E-state index in [1.54, 1.807) is 0 Å². The smallest absolute Gasteiger partial charge is 0.178 e. The van der Waals surface area contributed by atoms with Crippen LogP contribution in [0.25, 0.3) is 0 Å². The summed E-state index contributed by atoms with van der Waals surface area (Å²) in [6.07, 6.45) is 0.490. The summed E-state index contributed by atoms with van der Waals surface area (Å²) in [6, 6.07) is 15.1. The van der Waals surface area contributed by atoms with E-state index in [9.17, 15) is 8.42 Å². The van der Waals surface area contributed by atoms with Crippen LogP contribution in [0.2, 0.25) is 0 Å². The second kappa shape index (κ2) is 5.23. The van der Waals surface area contributed by atoms with Crippen LogP contribution in [0, 0.1) is 0 Å². The van der Waals surface area contributed by atoms with E-state index in [1.165, 1.54) is 24.3 Å². The van der Waals surface area contributed by atoms with E-state index >= 15 is 0 Å². The molecule has 0 aliphatic carbocycles. The van der Waals surface area contributed by atoms with Crippen LogP contribution in [0.15, 0.2) is 59.5 Å². The normalized spacial score (nSPS) is 11.3. The third-order valence-electron chi connectivity index (χ3n) is 2.70. The van der Waals surface area contributed by atoms with Gasteiger partial charge in [-0.05, 0) is 36.2 Å². The number of aromatic hydroxyl groups is 1. The Balaban J connectivity index is 2.11. The lowest BCUT2D eigenvalue weighted by atomic mass is 10.2. The highest BCUT2D eigenvalue weighted by atomic mass is 32.2. The van der Waals surface area contributed by atoms with E-state index < -0.39 is 9.84 Å². The Morgan fingerprint density at radius 2 is 1.50 bits per heavy atom. The minimum Gasteiger partial charge on any atom is -0.508 e. The molecule has 0 amide bonds. The molecule has 0 saturated carbocycles. The Morgan fingerprint density at radius 1 is 0.889 bits per heavy atom. The zero-order chi connectivity index (χ0) is 13.0. The van der Waals surface area contributed by atoms with Crippen molar-refractivity contribution in [2.45, 2.75) is 11.3 Å². The lowest BCUT2D eigenvalue weighted by Crippen LogP contribution is -2.09. The minimum absolute atomic E-state index is 0.0667. The van der Waals surface area contributed by atoms with E-state index in [2.05, 4.69) is 0 Å². The SMILES string of the molecule is O=S(=O)(CCc1ccccc1)c1ccc(O)cc1. The van der Waals surface area contributed by atoms with Gasteiger partial charge in [0.05, 0.1) is 10.6 Å². The number of aryl methyl sites for hydroxylation is 1. The van der Waals surface area contributed by atoms with E-state index in [-0.39, 0.29) is 16.4 Å². The highest BCUT2D eigenvalue weighted by Crippen LogP contribution is 2.16. The van der Waals surface area contributed by atoms with Gasteiger partial charge in [-0.3, -0.25) is 0 Å². The molecule has 0 radical (unpaired) electrons. The largest absolute Gasteiger partial charge is 0.508 e. The summed E-state index contributed by atoms with van der Waals surface area (Å²) in [5, 5.41) is 9.14. The van der Waals surface area contributed by atoms with Gasteiger partial charge in [0.15, 0.2) is 9.84 Å². The molecule has 0 atom stereocenters. The molecular formula is C14H14O3S. The zero-order valence-electron chi connectivity index (χ0n) is 9.78. The van der Waals surface area contributed by atoms with Gasteiger partial charge >= 0.3 is 0 Å². The van der Waals surface area contributed by atoms with Gasteiger partial charge in [-0.1, -0.05) is 30.3 Å². The van der Waals surface area contributed by atoms with Crippen LogP contribution < -0.4 is 0 Å². The van der Waals surface area contributed by atoms with Gasteiger partial charge in [-0.25, -0.2) is 8.42 Å². The van der Waals surface area contributed by atoms with Crippen LogP contribution in [0.1, 0.15) is 5.56 Å². The van der Waals surface area contributed by atoms with Crippen LogP contribution in [0.3, 0.4) is 0 Å². The molecule has 0 aliphatic rings. The monoisotopic (exact) mass is 262 g/mol. The molecule has 2 rings (SSSR count). The number of hydrogen-bond donors (Lipinski definition) is 1. The number of phenolic OH excluding ortho intramolecular Hbond substituents is 1. The lowest BCUT2D eigenvalue weighted by Gasteiger charge is -2.04. The lowest BCUT2D eigenvalue weighted by molar-refractivity contribution is 0.475. The van der Waals surface area contributed by atoms with Crippen molar-refractivity contribution in [2.24, 2.45) is 0 Å². The first-order chi connectivity index (χ1) is 8.58. The van der Waals surface area contributed by atoms with Gasteiger partial charge in [0.25, 0.3) is 0 Å². The molecule has 2 aromatic rings. The quantitative estimate of drug-likeness (QED) is 0.920. The summed E-state index contributed by atoms with van der Waals surface area (Å²) >= 11 is 0. The van der Waals surface area contributed by atoms with E-state index in [0.717, 1.165) is 5.56 Å². The van der Waals surface area contributed by atoms with Crippen molar-refractivity contribution >= 4 is 9.84 Å². The molecule has 0 heterocycles. The van der Waals surface area contributed by atoms with Crippen LogP contribution in [0.5, 0.6) is 5.75 Å². The summed E-state index contributed by atoms with van der Waals surface area (Å²) in [5.74, 6) is 0.138. The van der Waals surface area contributed by atoms with Crippen molar-refractivity contribution in [3.05, 3.63) is 60.2 Å². The molecule has 0 aromatic heterocycles. The molecule has 94 valence electrons. The molecule has 0 aliphatic heterocycles. The molecule has 0 bridgehead atoms. The van der Waals surface area contributed by atoms with Crippen molar-refractivity contribution in [1.29, 1.82) is 0 Å². The first-order valence-electron chi connectivity index (χ1n) is 5.64. The summed E-state index contributed by atoms with van der Waals surface area (Å²) in [7, 11) is -3.29. The van der Waals surface area contributed by atoms with Gasteiger partial charge in [-0.15, -0.1) is 0 Å². The standard InChI is InChI=1S/C14H14O3S/c15-13-6-8-14(9-7-13)18(16,17)11-10-12-4-2-1-3-5-12/h1-9,15H,10-11H2. The van der Waals surface area contributed by atoms with Crippen molar-refractivity contribution in [2.75, 3.05) is 5.75 Å². The predicted molar refractivity (Wildman–Crippen MR) is 70.3 cm³/mol. The van der Waals surface area contributed by atoms with Crippen LogP contribution in [-0.2, 0) is 16.3 Å². The van der Waals surface area contributed by atoms with Gasteiger partial charge in [0.1, 0.15) is 5.75 Å². The summed E-state index contributed by atoms with van der Waals surface area (Å²) in [4.78, 5) is 0.247. The summed E-state index contributed by atoms with van der Waals surface area (Å²) < 4.78 is 24.1. The van der Waals surface area contributed by atoms with Crippen molar-refractivity contribution < 1.29 is 13.5 Å². The fraction of sp³-hybridized carbons (Fsp3) is 0.143. The summed E-state index contributed by atoms with van der Waals surface area (Å²) in [5.41, 5.74) is 1.000. The summed E-state index contributed by atoms with van der Waals surface area (Å²) in [6.45, 7) is 0. The topological polar surface area (TPSA) is 54.4 Å². The molecular weight excluding hydrogens is 248 g/mol. The highest BCUT2D eigenvalue weighted by molar-refractivity contribution is 7.91. The first kappa shape index (κ1) is 12.6. The third kappa shape index (κ3) is 3.11. The average Bonchev–Trinajstić information content (AvgIpc) is 2.38. The predicted octanol–water partition coefficient (Wildman–Crippen LogP) is 2.41. The Hall–Kier alpha value is -1.81.